The highest BCUT2D eigenvalue weighted by atomic mass is 16.6. The van der Waals surface area contributed by atoms with Gasteiger partial charge in [-0.2, -0.15) is 5.26 Å². The highest BCUT2D eigenvalue weighted by Crippen LogP contribution is 2.45. The average Bonchev–Trinajstić information content (AvgIpc) is 2.80. The van der Waals surface area contributed by atoms with Crippen molar-refractivity contribution in [1.29, 1.82) is 5.26 Å². The predicted octanol–water partition coefficient (Wildman–Crippen LogP) is 3.48. The fourth-order valence-electron chi connectivity index (χ4n) is 3.08. The third-order valence-corrected chi connectivity index (χ3v) is 4.10. The first kappa shape index (κ1) is 14.3. The van der Waals surface area contributed by atoms with Gasteiger partial charge in [-0.3, -0.25) is 10.1 Å². The standard InChI is InChI=1S/C15H18N2O3/c1-11-5-6-15(8-11,10-16)9-12-7-13(17(18)19)3-4-14(12)20-2/h3-4,7,11H,5-6,8-9H2,1-2H3. The van der Waals surface area contributed by atoms with Crippen molar-refractivity contribution in [2.75, 3.05) is 7.11 Å². The molecule has 2 rings (SSSR count). The van der Waals surface area contributed by atoms with Crippen LogP contribution in [0.1, 0.15) is 31.7 Å². The molecule has 1 saturated carbocycles. The zero-order valence-electron chi connectivity index (χ0n) is 11.8. The van der Waals surface area contributed by atoms with Crippen LogP contribution in [0.4, 0.5) is 5.69 Å². The van der Waals surface area contributed by atoms with E-state index in [4.69, 9.17) is 4.74 Å². The van der Waals surface area contributed by atoms with Crippen molar-refractivity contribution in [3.63, 3.8) is 0 Å². The Hall–Kier alpha value is -2.09. The molecule has 1 aliphatic carbocycles. The van der Waals surface area contributed by atoms with E-state index in [0.29, 0.717) is 18.1 Å². The van der Waals surface area contributed by atoms with Gasteiger partial charge in [-0.1, -0.05) is 6.92 Å². The maximum absolute atomic E-state index is 10.9. The molecule has 20 heavy (non-hydrogen) atoms. The van der Waals surface area contributed by atoms with Gasteiger partial charge in [-0.05, 0) is 37.7 Å². The lowest BCUT2D eigenvalue weighted by Gasteiger charge is -2.21. The van der Waals surface area contributed by atoms with Gasteiger partial charge in [0, 0.05) is 17.7 Å². The SMILES string of the molecule is COc1ccc([N+](=O)[O-])cc1CC1(C#N)CCC(C)C1. The highest BCUT2D eigenvalue weighted by Gasteiger charge is 2.38. The molecule has 106 valence electrons. The molecule has 1 aromatic rings. The van der Waals surface area contributed by atoms with Crippen LogP contribution in [0.25, 0.3) is 0 Å². The number of rotatable bonds is 4. The number of nitro groups is 1. The van der Waals surface area contributed by atoms with Crippen molar-refractivity contribution in [2.45, 2.75) is 32.6 Å². The van der Waals surface area contributed by atoms with Crippen LogP contribution < -0.4 is 4.74 Å². The van der Waals surface area contributed by atoms with Crippen LogP contribution in [0.2, 0.25) is 0 Å². The lowest BCUT2D eigenvalue weighted by molar-refractivity contribution is -0.384. The van der Waals surface area contributed by atoms with Crippen LogP contribution in [-0.4, -0.2) is 12.0 Å². The minimum absolute atomic E-state index is 0.0416. The van der Waals surface area contributed by atoms with Gasteiger partial charge in [0.2, 0.25) is 0 Å². The number of hydrogen-bond acceptors (Lipinski definition) is 4. The second-order valence-electron chi connectivity index (χ2n) is 5.67. The van der Waals surface area contributed by atoms with Crippen molar-refractivity contribution >= 4 is 5.69 Å². The summed E-state index contributed by atoms with van der Waals surface area (Å²) < 4.78 is 5.27. The Bertz CT molecular complexity index is 565. The molecule has 1 fully saturated rings. The summed E-state index contributed by atoms with van der Waals surface area (Å²) in [6.45, 7) is 2.14. The number of nitro benzene ring substituents is 1. The topological polar surface area (TPSA) is 76.2 Å². The molecule has 0 N–H and O–H groups in total. The van der Waals surface area contributed by atoms with Crippen molar-refractivity contribution in [1.82, 2.24) is 0 Å². The molecular weight excluding hydrogens is 256 g/mol. The Labute approximate surface area is 118 Å². The molecule has 0 aromatic heterocycles. The van der Waals surface area contributed by atoms with E-state index in [-0.39, 0.29) is 5.69 Å². The van der Waals surface area contributed by atoms with Crippen LogP contribution in [0.5, 0.6) is 5.75 Å². The first-order chi connectivity index (χ1) is 9.49. The van der Waals surface area contributed by atoms with E-state index >= 15 is 0 Å². The van der Waals surface area contributed by atoms with Crippen LogP contribution in [0.15, 0.2) is 18.2 Å². The number of hydrogen-bond donors (Lipinski definition) is 0. The monoisotopic (exact) mass is 274 g/mol. The molecule has 0 spiro atoms. The summed E-state index contributed by atoms with van der Waals surface area (Å²) in [4.78, 5) is 10.5. The molecular formula is C15H18N2O3. The fourth-order valence-corrected chi connectivity index (χ4v) is 3.08. The average molecular weight is 274 g/mol. The van der Waals surface area contributed by atoms with Gasteiger partial charge in [0.25, 0.3) is 5.69 Å². The fraction of sp³-hybridized carbons (Fsp3) is 0.533. The molecule has 1 aliphatic rings. The smallest absolute Gasteiger partial charge is 0.269 e. The first-order valence-electron chi connectivity index (χ1n) is 6.72. The molecule has 0 radical (unpaired) electrons. The molecule has 0 bridgehead atoms. The molecule has 0 heterocycles. The Morgan fingerprint density at radius 3 is 2.85 bits per heavy atom. The first-order valence-corrected chi connectivity index (χ1v) is 6.72. The van der Waals surface area contributed by atoms with Gasteiger partial charge in [0.1, 0.15) is 5.75 Å². The summed E-state index contributed by atoms with van der Waals surface area (Å²) in [6.07, 6.45) is 3.23. The maximum Gasteiger partial charge on any atom is 0.269 e. The Balaban J connectivity index is 2.34. The Morgan fingerprint density at radius 1 is 1.60 bits per heavy atom. The molecule has 0 amide bonds. The second kappa shape index (κ2) is 5.49. The predicted molar refractivity (Wildman–Crippen MR) is 74.4 cm³/mol. The molecule has 0 saturated heterocycles. The number of nitriles is 1. The third kappa shape index (κ3) is 2.74. The number of non-ortho nitro benzene ring substituents is 1. The summed E-state index contributed by atoms with van der Waals surface area (Å²) in [7, 11) is 1.54. The number of nitrogens with zero attached hydrogens (tertiary/aromatic N) is 2. The number of methoxy groups -OCH3 is 1. The van der Waals surface area contributed by atoms with E-state index in [1.807, 2.05) is 0 Å². The zero-order chi connectivity index (χ0) is 14.8. The highest BCUT2D eigenvalue weighted by molar-refractivity contribution is 5.44. The van der Waals surface area contributed by atoms with Crippen LogP contribution in [0.3, 0.4) is 0 Å². The summed E-state index contributed by atoms with van der Waals surface area (Å²) in [5.41, 5.74) is 0.374. The molecule has 2 unspecified atom stereocenters. The van der Waals surface area contributed by atoms with Crippen molar-refractivity contribution in [2.24, 2.45) is 11.3 Å². The van der Waals surface area contributed by atoms with Crippen LogP contribution in [0, 0.1) is 32.8 Å². The Morgan fingerprint density at radius 2 is 2.35 bits per heavy atom. The number of ether oxygens (including phenoxy) is 1. The normalized spacial score (nSPS) is 25.1. The van der Waals surface area contributed by atoms with Crippen molar-refractivity contribution in [3.05, 3.63) is 33.9 Å². The van der Waals surface area contributed by atoms with Gasteiger partial charge < -0.3 is 4.74 Å². The minimum Gasteiger partial charge on any atom is -0.496 e. The van der Waals surface area contributed by atoms with Gasteiger partial charge >= 0.3 is 0 Å². The van der Waals surface area contributed by atoms with Crippen LogP contribution in [-0.2, 0) is 6.42 Å². The summed E-state index contributed by atoms with van der Waals surface area (Å²) in [5, 5.41) is 20.4. The van der Waals surface area contributed by atoms with Gasteiger partial charge in [-0.25, -0.2) is 0 Å². The van der Waals surface area contributed by atoms with E-state index in [9.17, 15) is 15.4 Å². The largest absolute Gasteiger partial charge is 0.496 e. The zero-order valence-corrected chi connectivity index (χ0v) is 11.8. The molecule has 1 aromatic carbocycles. The van der Waals surface area contributed by atoms with Crippen LogP contribution >= 0.6 is 0 Å². The Kier molecular flexibility index (Phi) is 3.93. The molecule has 5 nitrogen and oxygen atoms in total. The minimum atomic E-state index is -0.417. The summed E-state index contributed by atoms with van der Waals surface area (Å²) in [5.74, 6) is 1.14. The van der Waals surface area contributed by atoms with Gasteiger partial charge in [-0.15, -0.1) is 0 Å². The molecule has 2 atom stereocenters. The van der Waals surface area contributed by atoms with E-state index in [1.165, 1.54) is 12.1 Å². The summed E-state index contributed by atoms with van der Waals surface area (Å²) in [6, 6.07) is 7.00. The number of benzene rings is 1. The quantitative estimate of drug-likeness (QED) is 0.622. The van der Waals surface area contributed by atoms with Crippen molar-refractivity contribution in [3.8, 4) is 11.8 Å². The lowest BCUT2D eigenvalue weighted by atomic mass is 9.80. The lowest BCUT2D eigenvalue weighted by Crippen LogP contribution is -2.18. The third-order valence-electron chi connectivity index (χ3n) is 4.10. The summed E-state index contributed by atoms with van der Waals surface area (Å²) >= 11 is 0. The van der Waals surface area contributed by atoms with E-state index in [2.05, 4.69) is 13.0 Å². The molecule has 0 aliphatic heterocycles. The van der Waals surface area contributed by atoms with E-state index in [0.717, 1.165) is 24.8 Å². The maximum atomic E-state index is 10.9. The second-order valence-corrected chi connectivity index (χ2v) is 5.67. The molecule has 5 heteroatoms. The van der Waals surface area contributed by atoms with Crippen molar-refractivity contribution < 1.29 is 9.66 Å². The van der Waals surface area contributed by atoms with E-state index in [1.54, 1.807) is 13.2 Å². The van der Waals surface area contributed by atoms with Gasteiger partial charge in [0.05, 0.1) is 23.5 Å². The van der Waals surface area contributed by atoms with E-state index < -0.39 is 10.3 Å². The van der Waals surface area contributed by atoms with Gasteiger partial charge in [0.15, 0.2) is 0 Å².